The molecule has 2 atom stereocenters. The molecule has 0 aromatic rings. The fourth-order valence-electron chi connectivity index (χ4n) is 2.18. The van der Waals surface area contributed by atoms with Crippen molar-refractivity contribution in [3.05, 3.63) is 0 Å². The smallest absolute Gasteiger partial charge is 0.259 e. The third kappa shape index (κ3) is 1.42. The van der Waals surface area contributed by atoms with Gasteiger partial charge in [-0.2, -0.15) is 0 Å². The van der Waals surface area contributed by atoms with Crippen LogP contribution in [-0.4, -0.2) is 29.8 Å². The van der Waals surface area contributed by atoms with Gasteiger partial charge in [-0.3, -0.25) is 0 Å². The molecule has 1 heterocycles. The van der Waals surface area contributed by atoms with E-state index in [0.29, 0.717) is 11.3 Å². The van der Waals surface area contributed by atoms with E-state index in [1.54, 1.807) is 0 Å². The molecule has 0 amide bonds. The second-order valence-electron chi connectivity index (χ2n) is 3.85. The molecule has 2 unspecified atom stereocenters. The van der Waals surface area contributed by atoms with E-state index in [-0.39, 0.29) is 0 Å². The first-order valence-corrected chi connectivity index (χ1v) is 5.10. The Kier molecular flexibility index (Phi) is 2.22. The number of hydrogen-bond acceptors (Lipinski definition) is 2. The van der Waals surface area contributed by atoms with Crippen molar-refractivity contribution in [3.8, 4) is 0 Å². The first kappa shape index (κ1) is 8.30. The third-order valence-corrected chi connectivity index (χ3v) is 3.32. The molecule has 2 fully saturated rings. The van der Waals surface area contributed by atoms with Crippen molar-refractivity contribution < 1.29 is 4.74 Å². The van der Waals surface area contributed by atoms with Crippen molar-refractivity contribution in [3.63, 3.8) is 0 Å². The summed E-state index contributed by atoms with van der Waals surface area (Å²) in [5, 5.41) is 0.693. The minimum Gasteiger partial charge on any atom is -0.467 e. The summed E-state index contributed by atoms with van der Waals surface area (Å²) in [4.78, 5) is 2.06. The van der Waals surface area contributed by atoms with E-state index < -0.39 is 0 Å². The Morgan fingerprint density at radius 1 is 1.42 bits per heavy atom. The molecule has 2 rings (SSSR count). The van der Waals surface area contributed by atoms with Crippen LogP contribution in [0.1, 0.15) is 25.7 Å². The molecule has 1 aliphatic carbocycles. The number of hydrogen-bond donors (Lipinski definition) is 0. The summed E-state index contributed by atoms with van der Waals surface area (Å²) in [7, 11) is 2.02. The molecule has 1 saturated heterocycles. The van der Waals surface area contributed by atoms with Gasteiger partial charge in [0, 0.05) is 19.5 Å². The van der Waals surface area contributed by atoms with Crippen LogP contribution in [0.15, 0.2) is 0 Å². The standard InChI is InChI=1S/C9H15NOS/c1-10-6-7-4-2-3-5-8(7)11-9(10)12/h7-8H,2-6H2,1H3. The summed E-state index contributed by atoms with van der Waals surface area (Å²) in [5.74, 6) is 0.732. The summed E-state index contributed by atoms with van der Waals surface area (Å²) >= 11 is 5.10. The predicted molar refractivity (Wildman–Crippen MR) is 52.1 cm³/mol. The second-order valence-corrected chi connectivity index (χ2v) is 4.20. The lowest BCUT2D eigenvalue weighted by Gasteiger charge is -2.40. The predicted octanol–water partition coefficient (Wildman–Crippen LogP) is 1.79. The average Bonchev–Trinajstić information content (AvgIpc) is 2.07. The van der Waals surface area contributed by atoms with Gasteiger partial charge in [0.2, 0.25) is 0 Å². The zero-order valence-corrected chi connectivity index (χ0v) is 8.27. The van der Waals surface area contributed by atoms with Gasteiger partial charge in [0.25, 0.3) is 5.17 Å². The van der Waals surface area contributed by atoms with Crippen LogP contribution in [-0.2, 0) is 4.74 Å². The maximum atomic E-state index is 5.66. The molecular weight excluding hydrogens is 170 g/mol. The molecule has 2 aliphatic rings. The van der Waals surface area contributed by atoms with Gasteiger partial charge < -0.3 is 9.64 Å². The highest BCUT2D eigenvalue weighted by Gasteiger charge is 2.33. The van der Waals surface area contributed by atoms with Crippen LogP contribution in [0, 0.1) is 5.92 Å². The van der Waals surface area contributed by atoms with E-state index in [1.807, 2.05) is 7.05 Å². The van der Waals surface area contributed by atoms with Crippen LogP contribution in [0.3, 0.4) is 0 Å². The van der Waals surface area contributed by atoms with Crippen LogP contribution in [0.4, 0.5) is 0 Å². The van der Waals surface area contributed by atoms with Gasteiger partial charge in [-0.1, -0.05) is 6.42 Å². The lowest BCUT2D eigenvalue weighted by Crippen LogP contribution is -2.47. The highest BCUT2D eigenvalue weighted by atomic mass is 32.1. The van der Waals surface area contributed by atoms with Crippen LogP contribution in [0.2, 0.25) is 0 Å². The lowest BCUT2D eigenvalue weighted by molar-refractivity contribution is 0.0251. The van der Waals surface area contributed by atoms with Gasteiger partial charge in [-0.15, -0.1) is 0 Å². The van der Waals surface area contributed by atoms with Gasteiger partial charge in [0.1, 0.15) is 6.10 Å². The summed E-state index contributed by atoms with van der Waals surface area (Å²) in [6, 6.07) is 0. The van der Waals surface area contributed by atoms with Gasteiger partial charge >= 0.3 is 0 Å². The van der Waals surface area contributed by atoms with E-state index in [1.165, 1.54) is 25.7 Å². The number of thiocarbonyl (C=S) groups is 1. The summed E-state index contributed by atoms with van der Waals surface area (Å²) in [5.41, 5.74) is 0. The monoisotopic (exact) mass is 185 g/mol. The number of nitrogens with zero attached hydrogens (tertiary/aromatic N) is 1. The fourth-order valence-corrected chi connectivity index (χ4v) is 2.38. The highest BCUT2D eigenvalue weighted by molar-refractivity contribution is 7.80. The molecule has 0 aromatic heterocycles. The van der Waals surface area contributed by atoms with E-state index in [9.17, 15) is 0 Å². The van der Waals surface area contributed by atoms with E-state index >= 15 is 0 Å². The zero-order chi connectivity index (χ0) is 8.55. The van der Waals surface area contributed by atoms with Gasteiger partial charge in [0.15, 0.2) is 0 Å². The van der Waals surface area contributed by atoms with Crippen molar-refractivity contribution >= 4 is 17.4 Å². The number of fused-ring (bicyclic) bond motifs is 1. The van der Waals surface area contributed by atoms with Crippen LogP contribution in [0.25, 0.3) is 0 Å². The zero-order valence-electron chi connectivity index (χ0n) is 7.45. The van der Waals surface area contributed by atoms with Gasteiger partial charge in [0.05, 0.1) is 0 Å². The lowest BCUT2D eigenvalue weighted by atomic mass is 9.85. The Bertz CT molecular complexity index is 195. The van der Waals surface area contributed by atoms with Crippen molar-refractivity contribution in [2.45, 2.75) is 31.8 Å². The summed E-state index contributed by atoms with van der Waals surface area (Å²) in [6.45, 7) is 1.10. The Morgan fingerprint density at radius 2 is 2.17 bits per heavy atom. The molecule has 68 valence electrons. The summed E-state index contributed by atoms with van der Waals surface area (Å²) < 4.78 is 5.66. The maximum absolute atomic E-state index is 5.66. The van der Waals surface area contributed by atoms with E-state index in [2.05, 4.69) is 4.90 Å². The van der Waals surface area contributed by atoms with Crippen molar-refractivity contribution in [1.29, 1.82) is 0 Å². The van der Waals surface area contributed by atoms with Crippen LogP contribution < -0.4 is 0 Å². The minimum absolute atomic E-state index is 0.433. The second kappa shape index (κ2) is 3.21. The molecule has 0 N–H and O–H groups in total. The van der Waals surface area contributed by atoms with E-state index in [0.717, 1.165) is 12.5 Å². The third-order valence-electron chi connectivity index (χ3n) is 2.91. The highest BCUT2D eigenvalue weighted by Crippen LogP contribution is 2.30. The summed E-state index contributed by atoms with van der Waals surface area (Å²) in [6.07, 6.45) is 5.64. The minimum atomic E-state index is 0.433. The molecule has 0 radical (unpaired) electrons. The SMILES string of the molecule is CN1CC2CCCCC2OC1=S. The maximum Gasteiger partial charge on any atom is 0.259 e. The molecule has 12 heavy (non-hydrogen) atoms. The molecule has 1 aliphatic heterocycles. The van der Waals surface area contributed by atoms with Gasteiger partial charge in [-0.25, -0.2) is 0 Å². The Labute approximate surface area is 78.9 Å². The largest absolute Gasteiger partial charge is 0.467 e. The molecule has 3 heteroatoms. The normalized spacial score (nSPS) is 35.8. The molecule has 0 bridgehead atoms. The molecule has 0 spiro atoms. The van der Waals surface area contributed by atoms with Crippen molar-refractivity contribution in [1.82, 2.24) is 4.90 Å². The quantitative estimate of drug-likeness (QED) is 0.534. The molecule has 1 saturated carbocycles. The molecule has 0 aromatic carbocycles. The van der Waals surface area contributed by atoms with Gasteiger partial charge in [-0.05, 0) is 31.5 Å². The topological polar surface area (TPSA) is 12.5 Å². The molecule has 2 nitrogen and oxygen atoms in total. The van der Waals surface area contributed by atoms with Crippen LogP contribution >= 0.6 is 12.2 Å². The first-order chi connectivity index (χ1) is 5.77. The van der Waals surface area contributed by atoms with Crippen LogP contribution in [0.5, 0.6) is 0 Å². The first-order valence-electron chi connectivity index (χ1n) is 4.69. The average molecular weight is 185 g/mol. The Morgan fingerprint density at radius 3 is 3.00 bits per heavy atom. The van der Waals surface area contributed by atoms with Crippen molar-refractivity contribution in [2.75, 3.05) is 13.6 Å². The van der Waals surface area contributed by atoms with E-state index in [4.69, 9.17) is 17.0 Å². The number of rotatable bonds is 0. The Hall–Kier alpha value is -0.310. The fraction of sp³-hybridized carbons (Fsp3) is 0.889. The Balaban J connectivity index is 2.02. The number of ether oxygens (including phenoxy) is 1. The van der Waals surface area contributed by atoms with Crippen molar-refractivity contribution in [2.24, 2.45) is 5.92 Å². The molecular formula is C9H15NOS.